The molecule has 3 amide bonds. The second-order valence-electron chi connectivity index (χ2n) is 12.9. The molecule has 0 saturated carbocycles. The molecular formula is C35H47N3O7. The highest BCUT2D eigenvalue weighted by Crippen LogP contribution is 2.54. The van der Waals surface area contributed by atoms with Gasteiger partial charge in [-0.25, -0.2) is 0 Å². The molecule has 45 heavy (non-hydrogen) atoms. The van der Waals surface area contributed by atoms with E-state index in [-0.39, 0.29) is 30.8 Å². The van der Waals surface area contributed by atoms with Gasteiger partial charge in [-0.05, 0) is 31.2 Å². The third-order valence-electron chi connectivity index (χ3n) is 9.99. The SMILES string of the molecule is CCCCN1CC=C[C@@]23O[C@H]4/C=C\CCC(=O)N[C@@H](C)[C@H](c5ccccc5)OC(=O)[C@H]4[C@@H]2C(=O)N([C@@H](CO)[C@@H](C)CC)[C@H]3C1=O. The number of unbranched alkanes of at least 4 members (excludes halogenated alkanes) is 1. The number of aliphatic hydroxyl groups is 1. The van der Waals surface area contributed by atoms with Crippen LogP contribution in [0.1, 0.15) is 71.5 Å². The number of aliphatic hydroxyl groups excluding tert-OH is 1. The Hall–Kier alpha value is -3.50. The average Bonchev–Trinajstić information content (AvgIpc) is 3.42. The number of ether oxygens (including phenoxy) is 2. The van der Waals surface area contributed by atoms with Crippen LogP contribution in [0.15, 0.2) is 54.6 Å². The molecule has 2 N–H and O–H groups in total. The van der Waals surface area contributed by atoms with Crippen LogP contribution in [0.5, 0.6) is 0 Å². The fourth-order valence-electron chi connectivity index (χ4n) is 7.41. The van der Waals surface area contributed by atoms with Crippen LogP contribution >= 0.6 is 0 Å². The van der Waals surface area contributed by atoms with E-state index in [2.05, 4.69) is 12.2 Å². The Kier molecular flexibility index (Phi) is 10.1. The Morgan fingerprint density at radius 2 is 1.84 bits per heavy atom. The van der Waals surface area contributed by atoms with E-state index in [1.807, 2.05) is 56.3 Å². The molecule has 0 bridgehead atoms. The van der Waals surface area contributed by atoms with Gasteiger partial charge in [-0.3, -0.25) is 19.2 Å². The number of amides is 3. The molecule has 2 saturated heterocycles. The largest absolute Gasteiger partial charge is 0.455 e. The quantitative estimate of drug-likeness (QED) is 0.337. The van der Waals surface area contributed by atoms with Crippen LogP contribution in [0.3, 0.4) is 0 Å². The number of benzene rings is 1. The molecule has 1 aromatic carbocycles. The summed E-state index contributed by atoms with van der Waals surface area (Å²) >= 11 is 0. The highest BCUT2D eigenvalue weighted by atomic mass is 16.6. The highest BCUT2D eigenvalue weighted by molar-refractivity contribution is 5.99. The summed E-state index contributed by atoms with van der Waals surface area (Å²) in [7, 11) is 0. The summed E-state index contributed by atoms with van der Waals surface area (Å²) in [5, 5.41) is 13.6. The number of carbonyl (C=O) groups is 4. The van der Waals surface area contributed by atoms with Crippen molar-refractivity contribution in [2.24, 2.45) is 17.8 Å². The summed E-state index contributed by atoms with van der Waals surface area (Å²) in [4.78, 5) is 59.6. The number of allylic oxidation sites excluding steroid dienone is 1. The molecule has 4 heterocycles. The zero-order valence-electron chi connectivity index (χ0n) is 26.8. The third-order valence-corrected chi connectivity index (χ3v) is 9.99. The average molecular weight is 622 g/mol. The second-order valence-corrected chi connectivity index (χ2v) is 12.9. The Balaban J connectivity index is 1.62. The zero-order valence-corrected chi connectivity index (χ0v) is 26.8. The molecule has 5 rings (SSSR count). The van der Waals surface area contributed by atoms with Crippen molar-refractivity contribution in [3.63, 3.8) is 0 Å². The lowest BCUT2D eigenvalue weighted by Gasteiger charge is -2.40. The molecule has 4 aliphatic heterocycles. The van der Waals surface area contributed by atoms with E-state index in [0.29, 0.717) is 31.5 Å². The number of hydrogen-bond acceptors (Lipinski definition) is 7. The standard InChI is InChI=1S/C35H47N3O7/c1-5-7-19-37-20-13-18-35-29(32(41)38(31(35)33(37)42)25(21-39)22(3)6-2)28-26(45-35)16-11-12-17-27(40)36-23(4)30(44-34(28)43)24-14-9-8-10-15-24/h8-11,13-16,18,22-23,25-26,28-31,39H,5-7,12,17,19-21H2,1-4H3,(H,36,40)/b16-11-/t22-,23-,25-,26-,28+,29+,30+,31-,35+/m0/s1. The van der Waals surface area contributed by atoms with Crippen LogP contribution in [-0.4, -0.2) is 88.1 Å². The summed E-state index contributed by atoms with van der Waals surface area (Å²) < 4.78 is 13.0. The lowest BCUT2D eigenvalue weighted by atomic mass is 9.77. The van der Waals surface area contributed by atoms with Gasteiger partial charge in [0.25, 0.3) is 0 Å². The van der Waals surface area contributed by atoms with E-state index < -0.39 is 59.6 Å². The summed E-state index contributed by atoms with van der Waals surface area (Å²) in [6.45, 7) is 8.36. The van der Waals surface area contributed by atoms with E-state index >= 15 is 0 Å². The van der Waals surface area contributed by atoms with Gasteiger partial charge in [-0.1, -0.05) is 88.2 Å². The third kappa shape index (κ3) is 6.06. The number of likely N-dealkylation sites (tertiary alicyclic amines) is 1. The molecule has 0 radical (unpaired) electrons. The first kappa shape index (κ1) is 32.9. The smallest absolute Gasteiger partial charge is 0.313 e. The van der Waals surface area contributed by atoms with Crippen molar-refractivity contribution in [2.75, 3.05) is 19.7 Å². The topological polar surface area (TPSA) is 125 Å². The monoisotopic (exact) mass is 621 g/mol. The van der Waals surface area contributed by atoms with E-state index in [1.54, 1.807) is 24.0 Å². The Bertz CT molecular complexity index is 1320. The van der Waals surface area contributed by atoms with E-state index in [9.17, 15) is 24.3 Å². The van der Waals surface area contributed by atoms with Gasteiger partial charge in [-0.15, -0.1) is 0 Å². The normalized spacial score (nSPS) is 34.0. The molecular weight excluding hydrogens is 574 g/mol. The molecule has 10 nitrogen and oxygen atoms in total. The van der Waals surface area contributed by atoms with E-state index in [4.69, 9.17) is 9.47 Å². The maximum Gasteiger partial charge on any atom is 0.313 e. The highest BCUT2D eigenvalue weighted by Gasteiger charge is 2.72. The van der Waals surface area contributed by atoms with Crippen molar-refractivity contribution in [1.29, 1.82) is 0 Å². The molecule has 9 atom stereocenters. The van der Waals surface area contributed by atoms with Crippen molar-refractivity contribution in [1.82, 2.24) is 15.1 Å². The number of carbonyl (C=O) groups excluding carboxylic acids is 4. The van der Waals surface area contributed by atoms with Gasteiger partial charge in [0.1, 0.15) is 23.7 Å². The van der Waals surface area contributed by atoms with Crippen LogP contribution in [0.4, 0.5) is 0 Å². The lowest BCUT2D eigenvalue weighted by Crippen LogP contribution is -2.59. The predicted molar refractivity (Wildman–Crippen MR) is 167 cm³/mol. The Morgan fingerprint density at radius 1 is 1.09 bits per heavy atom. The molecule has 1 aromatic rings. The summed E-state index contributed by atoms with van der Waals surface area (Å²) in [5.41, 5.74) is -0.724. The van der Waals surface area contributed by atoms with Gasteiger partial charge in [0.15, 0.2) is 0 Å². The first-order valence-electron chi connectivity index (χ1n) is 16.5. The minimum atomic E-state index is -1.43. The summed E-state index contributed by atoms with van der Waals surface area (Å²) in [6, 6.07) is 6.99. The van der Waals surface area contributed by atoms with Crippen LogP contribution < -0.4 is 5.32 Å². The number of nitrogens with zero attached hydrogens (tertiary/aromatic N) is 2. The maximum absolute atomic E-state index is 14.7. The first-order valence-corrected chi connectivity index (χ1v) is 16.5. The zero-order chi connectivity index (χ0) is 32.3. The van der Waals surface area contributed by atoms with Crippen LogP contribution in [-0.2, 0) is 28.7 Å². The number of cyclic esters (lactones) is 1. The fraction of sp³-hybridized carbons (Fsp3) is 0.600. The summed E-state index contributed by atoms with van der Waals surface area (Å²) in [6.07, 6.45) is 8.57. The predicted octanol–water partition coefficient (Wildman–Crippen LogP) is 3.31. The van der Waals surface area contributed by atoms with Gasteiger partial charge in [0.05, 0.1) is 30.7 Å². The Labute approximate surface area is 265 Å². The van der Waals surface area contributed by atoms with Gasteiger partial charge in [0, 0.05) is 19.5 Å². The second kappa shape index (κ2) is 13.9. The van der Waals surface area contributed by atoms with E-state index in [1.165, 1.54) is 4.90 Å². The molecule has 244 valence electrons. The minimum Gasteiger partial charge on any atom is -0.455 e. The van der Waals surface area contributed by atoms with Gasteiger partial charge >= 0.3 is 5.97 Å². The molecule has 0 aromatic heterocycles. The number of nitrogens with one attached hydrogen (secondary N) is 1. The number of fused-ring (bicyclic) bond motifs is 2. The molecule has 0 unspecified atom stereocenters. The van der Waals surface area contributed by atoms with Crippen LogP contribution in [0.2, 0.25) is 0 Å². The van der Waals surface area contributed by atoms with Gasteiger partial charge in [0.2, 0.25) is 17.7 Å². The van der Waals surface area contributed by atoms with Gasteiger partial charge < -0.3 is 29.7 Å². The molecule has 10 heteroatoms. The number of rotatable bonds is 8. The van der Waals surface area contributed by atoms with Crippen molar-refractivity contribution in [3.8, 4) is 0 Å². The van der Waals surface area contributed by atoms with Crippen molar-refractivity contribution < 1.29 is 33.8 Å². The van der Waals surface area contributed by atoms with Crippen LogP contribution in [0.25, 0.3) is 0 Å². The molecule has 1 spiro atoms. The molecule has 0 aliphatic carbocycles. The maximum atomic E-state index is 14.7. The minimum absolute atomic E-state index is 0.107. The first-order chi connectivity index (χ1) is 21.7. The van der Waals surface area contributed by atoms with Crippen molar-refractivity contribution in [2.45, 2.75) is 95.7 Å². The lowest BCUT2D eigenvalue weighted by molar-refractivity contribution is -0.162. The van der Waals surface area contributed by atoms with Crippen molar-refractivity contribution >= 4 is 23.7 Å². The van der Waals surface area contributed by atoms with E-state index in [0.717, 1.165) is 12.8 Å². The number of hydrogen-bond donors (Lipinski definition) is 2. The molecule has 2 fully saturated rings. The summed E-state index contributed by atoms with van der Waals surface area (Å²) in [5.74, 6) is -3.63. The Morgan fingerprint density at radius 3 is 2.53 bits per heavy atom. The van der Waals surface area contributed by atoms with Crippen LogP contribution in [0, 0.1) is 17.8 Å². The number of esters is 1. The fourth-order valence-corrected chi connectivity index (χ4v) is 7.41. The van der Waals surface area contributed by atoms with Crippen molar-refractivity contribution in [3.05, 3.63) is 60.2 Å². The van der Waals surface area contributed by atoms with Gasteiger partial charge in [-0.2, -0.15) is 0 Å². The molecule has 4 aliphatic rings.